The molecule has 10 nitrogen and oxygen atoms in total. The lowest BCUT2D eigenvalue weighted by molar-refractivity contribution is 0.0359. The summed E-state index contributed by atoms with van der Waals surface area (Å²) < 4.78 is 7.17. The van der Waals surface area contributed by atoms with Gasteiger partial charge in [-0.15, -0.1) is 0 Å². The van der Waals surface area contributed by atoms with Crippen molar-refractivity contribution < 1.29 is 9.53 Å². The van der Waals surface area contributed by atoms with Crippen molar-refractivity contribution in [2.45, 2.75) is 31.2 Å². The van der Waals surface area contributed by atoms with E-state index in [-0.39, 0.29) is 11.9 Å². The number of morpholine rings is 1. The minimum atomic E-state index is -0.419. The van der Waals surface area contributed by atoms with Crippen molar-refractivity contribution in [1.29, 1.82) is 0 Å². The first-order valence-electron chi connectivity index (χ1n) is 11.9. The van der Waals surface area contributed by atoms with E-state index in [2.05, 4.69) is 25.0 Å². The molecule has 35 heavy (non-hydrogen) atoms. The molecule has 1 saturated carbocycles. The van der Waals surface area contributed by atoms with Crippen LogP contribution in [0.3, 0.4) is 0 Å². The summed E-state index contributed by atoms with van der Waals surface area (Å²) in [5.41, 5.74) is 15.0. The quantitative estimate of drug-likeness (QED) is 0.391. The topological polar surface area (TPSA) is 138 Å². The normalized spacial score (nSPS) is 18.2. The van der Waals surface area contributed by atoms with E-state index in [4.69, 9.17) is 16.2 Å². The van der Waals surface area contributed by atoms with Crippen LogP contribution in [0.2, 0.25) is 0 Å². The highest BCUT2D eigenvalue weighted by Gasteiger charge is 2.43. The van der Waals surface area contributed by atoms with Crippen LogP contribution in [0, 0.1) is 0 Å². The van der Waals surface area contributed by atoms with Gasteiger partial charge in [-0.1, -0.05) is 30.7 Å². The van der Waals surface area contributed by atoms with E-state index in [1.54, 1.807) is 29.5 Å². The number of anilines is 1. The fraction of sp³-hybridized carbons (Fsp3) is 0.400. The summed E-state index contributed by atoms with van der Waals surface area (Å²) in [7, 11) is 0. The fourth-order valence-electron chi connectivity index (χ4n) is 4.64. The van der Waals surface area contributed by atoms with Crippen LogP contribution < -0.4 is 11.5 Å². The molecule has 10 heteroatoms. The van der Waals surface area contributed by atoms with E-state index in [9.17, 15) is 4.79 Å². The average molecular weight is 475 g/mol. The first-order chi connectivity index (χ1) is 17.0. The number of benzene rings is 1. The van der Waals surface area contributed by atoms with Crippen LogP contribution in [-0.2, 0) is 16.7 Å². The number of nitrogens with zero attached hydrogens (tertiary/aromatic N) is 6. The van der Waals surface area contributed by atoms with E-state index >= 15 is 0 Å². The Hall–Kier alpha value is -3.63. The van der Waals surface area contributed by atoms with Crippen LogP contribution >= 0.6 is 0 Å². The van der Waals surface area contributed by atoms with Gasteiger partial charge in [0.25, 0.3) is 5.91 Å². The van der Waals surface area contributed by atoms with Crippen LogP contribution in [0.5, 0.6) is 0 Å². The number of nitrogen functional groups attached to an aromatic ring is 1. The smallest absolute Gasteiger partial charge is 0.281 e. The molecule has 0 unspecified atom stereocenters. The van der Waals surface area contributed by atoms with E-state index in [0.29, 0.717) is 17.9 Å². The Bertz CT molecular complexity index is 1190. The lowest BCUT2D eigenvalue weighted by Gasteiger charge is -2.41. The zero-order valence-electron chi connectivity index (χ0n) is 19.6. The number of amides is 1. The molecule has 1 saturated heterocycles. The van der Waals surface area contributed by atoms with E-state index < -0.39 is 5.41 Å². The standard InChI is InChI=1S/C25H30N8O2/c26-23(31-22(34)20-16-30-33(17-20)9-8-32-10-12-35-13-11-32)25(6-1-7-25)21-4-2-18(3-5-21)19-14-28-24(27)29-15-19/h2-5,14-17H,1,6-13H2,(H2,26,31,34)(H2,27,28,29). The van der Waals surface area contributed by atoms with E-state index in [1.807, 2.05) is 24.3 Å². The van der Waals surface area contributed by atoms with Crippen molar-refractivity contribution >= 4 is 17.7 Å². The number of ether oxygens (including phenoxy) is 1. The molecule has 1 amide bonds. The van der Waals surface area contributed by atoms with Crippen LogP contribution in [0.1, 0.15) is 35.2 Å². The molecule has 0 radical (unpaired) electrons. The lowest BCUT2D eigenvalue weighted by Crippen LogP contribution is -2.47. The average Bonchev–Trinajstić information content (AvgIpc) is 3.33. The van der Waals surface area contributed by atoms with Gasteiger partial charge in [-0.2, -0.15) is 10.1 Å². The predicted molar refractivity (Wildman–Crippen MR) is 133 cm³/mol. The van der Waals surface area contributed by atoms with Gasteiger partial charge in [-0.3, -0.25) is 14.4 Å². The lowest BCUT2D eigenvalue weighted by atomic mass is 9.63. The second-order valence-corrected chi connectivity index (χ2v) is 9.09. The fourth-order valence-corrected chi connectivity index (χ4v) is 4.64. The molecule has 3 aromatic rings. The number of carbonyl (C=O) groups excluding carboxylic acids is 1. The summed E-state index contributed by atoms with van der Waals surface area (Å²) in [5.74, 6) is 0.246. The highest BCUT2D eigenvalue weighted by molar-refractivity contribution is 6.06. The molecular weight excluding hydrogens is 444 g/mol. The van der Waals surface area contributed by atoms with Crippen molar-refractivity contribution in [3.8, 4) is 11.1 Å². The van der Waals surface area contributed by atoms with E-state index in [0.717, 1.165) is 68.8 Å². The maximum Gasteiger partial charge on any atom is 0.281 e. The third-order valence-corrected chi connectivity index (χ3v) is 6.99. The summed E-state index contributed by atoms with van der Waals surface area (Å²) >= 11 is 0. The van der Waals surface area contributed by atoms with Crippen molar-refractivity contribution in [2.75, 3.05) is 38.6 Å². The third kappa shape index (κ3) is 4.94. The minimum Gasteiger partial charge on any atom is -0.386 e. The van der Waals surface area contributed by atoms with Gasteiger partial charge in [0.1, 0.15) is 5.84 Å². The highest BCUT2D eigenvalue weighted by Crippen LogP contribution is 2.44. The van der Waals surface area contributed by atoms with Gasteiger partial charge in [-0.05, 0) is 24.0 Å². The molecule has 2 fully saturated rings. The molecule has 1 aliphatic heterocycles. The van der Waals surface area contributed by atoms with Crippen LogP contribution in [-0.4, -0.2) is 69.2 Å². The predicted octanol–water partition coefficient (Wildman–Crippen LogP) is 1.87. The van der Waals surface area contributed by atoms with Crippen molar-refractivity contribution in [3.63, 3.8) is 0 Å². The van der Waals surface area contributed by atoms with Crippen molar-refractivity contribution in [2.24, 2.45) is 10.7 Å². The number of hydrogen-bond donors (Lipinski definition) is 2. The van der Waals surface area contributed by atoms with Gasteiger partial charge in [0.05, 0.1) is 36.9 Å². The van der Waals surface area contributed by atoms with Gasteiger partial charge >= 0.3 is 0 Å². The highest BCUT2D eigenvalue weighted by atomic mass is 16.5. The monoisotopic (exact) mass is 474 g/mol. The first-order valence-corrected chi connectivity index (χ1v) is 11.9. The summed E-state index contributed by atoms with van der Waals surface area (Å²) in [6.45, 7) is 4.94. The zero-order valence-corrected chi connectivity index (χ0v) is 19.6. The molecule has 3 heterocycles. The van der Waals surface area contributed by atoms with Gasteiger partial charge in [0.15, 0.2) is 0 Å². The molecule has 0 spiro atoms. The number of amidine groups is 1. The summed E-state index contributed by atoms with van der Waals surface area (Å²) in [5, 5.41) is 4.34. The first kappa shape index (κ1) is 23.1. The van der Waals surface area contributed by atoms with Gasteiger partial charge in [0, 0.05) is 43.8 Å². The Morgan fingerprint density at radius 1 is 1.03 bits per heavy atom. The molecule has 0 bridgehead atoms. The van der Waals surface area contributed by atoms with Crippen molar-refractivity contribution in [1.82, 2.24) is 24.6 Å². The molecule has 2 aliphatic rings. The maximum atomic E-state index is 12.9. The minimum absolute atomic E-state index is 0.245. The summed E-state index contributed by atoms with van der Waals surface area (Å²) in [6, 6.07) is 8.11. The maximum absolute atomic E-state index is 12.9. The summed E-state index contributed by atoms with van der Waals surface area (Å²) in [6.07, 6.45) is 9.47. The molecule has 0 atom stereocenters. The number of carbonyl (C=O) groups is 1. The molecule has 5 rings (SSSR count). The largest absolute Gasteiger partial charge is 0.386 e. The Morgan fingerprint density at radius 2 is 1.74 bits per heavy atom. The Balaban J connectivity index is 1.27. The molecule has 182 valence electrons. The number of rotatable bonds is 7. The number of aliphatic imine (C=N–C) groups is 1. The van der Waals surface area contributed by atoms with Crippen LogP contribution in [0.15, 0.2) is 54.0 Å². The van der Waals surface area contributed by atoms with Crippen LogP contribution in [0.4, 0.5) is 5.95 Å². The second-order valence-electron chi connectivity index (χ2n) is 9.09. The van der Waals surface area contributed by atoms with Crippen molar-refractivity contribution in [3.05, 3.63) is 60.2 Å². The molecular formula is C25H30N8O2. The SMILES string of the molecule is NC(=NC(=O)c1cnn(CCN2CCOCC2)c1)C1(c2ccc(-c3cnc(N)nc3)cc2)CCC1. The second kappa shape index (κ2) is 9.93. The molecule has 2 aromatic heterocycles. The Morgan fingerprint density at radius 3 is 2.40 bits per heavy atom. The molecule has 4 N–H and O–H groups in total. The zero-order chi connectivity index (χ0) is 24.3. The van der Waals surface area contributed by atoms with Crippen LogP contribution in [0.25, 0.3) is 11.1 Å². The van der Waals surface area contributed by atoms with Gasteiger partial charge < -0.3 is 16.2 Å². The number of nitrogens with two attached hydrogens (primary N) is 2. The van der Waals surface area contributed by atoms with Gasteiger partial charge in [0.2, 0.25) is 5.95 Å². The van der Waals surface area contributed by atoms with Gasteiger partial charge in [-0.25, -0.2) is 9.97 Å². The molecule has 1 aromatic carbocycles. The van der Waals surface area contributed by atoms with E-state index in [1.165, 1.54) is 0 Å². The summed E-state index contributed by atoms with van der Waals surface area (Å²) in [4.78, 5) is 27.6. The number of aromatic nitrogens is 4. The molecule has 1 aliphatic carbocycles. The Kier molecular flexibility index (Phi) is 6.56. The number of hydrogen-bond acceptors (Lipinski definition) is 7. The Labute approximate surface area is 204 Å². The third-order valence-electron chi connectivity index (χ3n) is 6.99.